The van der Waals surface area contributed by atoms with E-state index >= 15 is 0 Å². The van der Waals surface area contributed by atoms with E-state index < -0.39 is 5.92 Å². The number of nitrogens with one attached hydrogen (secondary N) is 2. The van der Waals surface area contributed by atoms with Gasteiger partial charge >= 0.3 is 0 Å². The van der Waals surface area contributed by atoms with Crippen LogP contribution in [0.3, 0.4) is 0 Å². The lowest BCUT2D eigenvalue weighted by Gasteiger charge is -2.22. The number of Topliss-reactive ketones (excluding diaryl/α,β-unsaturated/α-hetero) is 1. The van der Waals surface area contributed by atoms with Crippen molar-refractivity contribution in [2.75, 3.05) is 18.5 Å². The van der Waals surface area contributed by atoms with E-state index in [9.17, 15) is 9.59 Å². The van der Waals surface area contributed by atoms with Crippen LogP contribution < -0.4 is 15.4 Å². The lowest BCUT2D eigenvalue weighted by atomic mass is 9.96. The fourth-order valence-electron chi connectivity index (χ4n) is 3.72. The van der Waals surface area contributed by atoms with Gasteiger partial charge in [-0.1, -0.05) is 32.0 Å². The molecule has 0 bridgehead atoms. The number of imidazole rings is 1. The molecule has 1 aliphatic heterocycles. The smallest absolute Gasteiger partial charge is 0.242 e. The third-order valence-electron chi connectivity index (χ3n) is 5.13. The van der Waals surface area contributed by atoms with Gasteiger partial charge in [-0.15, -0.1) is 0 Å². The van der Waals surface area contributed by atoms with Crippen LogP contribution in [-0.4, -0.2) is 40.4 Å². The van der Waals surface area contributed by atoms with Crippen molar-refractivity contribution in [2.24, 2.45) is 0 Å². The van der Waals surface area contributed by atoms with E-state index in [0.29, 0.717) is 42.9 Å². The molecule has 1 aromatic heterocycles. The van der Waals surface area contributed by atoms with Crippen LogP contribution in [0.15, 0.2) is 48.5 Å². The Balaban J connectivity index is 1.49. The number of amides is 1. The van der Waals surface area contributed by atoms with E-state index in [0.717, 1.165) is 17.6 Å². The number of hydrogen-bond acceptors (Lipinski definition) is 5. The predicted molar refractivity (Wildman–Crippen MR) is 116 cm³/mol. The molecule has 30 heavy (non-hydrogen) atoms. The molecule has 0 saturated carbocycles. The van der Waals surface area contributed by atoms with Crippen molar-refractivity contribution in [1.29, 1.82) is 0 Å². The van der Waals surface area contributed by atoms with Crippen molar-refractivity contribution in [3.05, 3.63) is 54.4 Å². The Morgan fingerprint density at radius 2 is 2.07 bits per heavy atom. The Kier molecular flexibility index (Phi) is 5.81. The number of para-hydroxylation sites is 2. The van der Waals surface area contributed by atoms with Gasteiger partial charge in [0, 0.05) is 37.3 Å². The molecule has 0 fully saturated rings. The van der Waals surface area contributed by atoms with Crippen molar-refractivity contribution in [1.82, 2.24) is 14.9 Å². The fourth-order valence-corrected chi connectivity index (χ4v) is 3.72. The average molecular weight is 406 g/mol. The SMILES string of the molecule is CC(C)NCCOc1cccc(NC(=O)C2C(=O)CCn3c2nc2ccccc23)c1. The molecule has 7 heteroatoms. The van der Waals surface area contributed by atoms with E-state index in [1.807, 2.05) is 41.0 Å². The molecule has 7 nitrogen and oxygen atoms in total. The first-order valence-corrected chi connectivity index (χ1v) is 10.3. The first kappa shape index (κ1) is 20.1. The molecule has 156 valence electrons. The quantitative estimate of drug-likeness (QED) is 0.465. The molecular weight excluding hydrogens is 380 g/mol. The Labute approximate surface area is 175 Å². The van der Waals surface area contributed by atoms with Gasteiger partial charge in [-0.25, -0.2) is 4.98 Å². The van der Waals surface area contributed by atoms with E-state index in [2.05, 4.69) is 29.5 Å². The maximum atomic E-state index is 13.0. The molecule has 1 aliphatic rings. The monoisotopic (exact) mass is 406 g/mol. The molecule has 1 amide bonds. The zero-order valence-corrected chi connectivity index (χ0v) is 17.2. The molecule has 4 rings (SSSR count). The maximum absolute atomic E-state index is 13.0. The molecule has 0 spiro atoms. The van der Waals surface area contributed by atoms with Crippen molar-refractivity contribution in [3.63, 3.8) is 0 Å². The number of aromatic nitrogens is 2. The summed E-state index contributed by atoms with van der Waals surface area (Å²) < 4.78 is 7.72. The molecule has 0 aliphatic carbocycles. The van der Waals surface area contributed by atoms with Crippen LogP contribution in [0.25, 0.3) is 11.0 Å². The van der Waals surface area contributed by atoms with Crippen molar-refractivity contribution in [3.8, 4) is 5.75 Å². The summed E-state index contributed by atoms with van der Waals surface area (Å²) in [6, 6.07) is 15.3. The summed E-state index contributed by atoms with van der Waals surface area (Å²) in [5.74, 6) is -0.207. The number of nitrogens with zero attached hydrogens (tertiary/aromatic N) is 2. The topological polar surface area (TPSA) is 85.3 Å². The molecule has 2 N–H and O–H groups in total. The van der Waals surface area contributed by atoms with Crippen LogP contribution in [0.4, 0.5) is 5.69 Å². The van der Waals surface area contributed by atoms with Gasteiger partial charge in [-0.3, -0.25) is 9.59 Å². The van der Waals surface area contributed by atoms with Gasteiger partial charge in [-0.05, 0) is 24.3 Å². The number of ether oxygens (including phenoxy) is 1. The van der Waals surface area contributed by atoms with Crippen molar-refractivity contribution >= 4 is 28.4 Å². The molecule has 1 atom stereocenters. The van der Waals surface area contributed by atoms with E-state index in [1.165, 1.54) is 0 Å². The van der Waals surface area contributed by atoms with Crippen LogP contribution in [0.5, 0.6) is 5.75 Å². The van der Waals surface area contributed by atoms with Crippen LogP contribution in [0, 0.1) is 0 Å². The molecular formula is C23H26N4O3. The number of benzene rings is 2. The van der Waals surface area contributed by atoms with E-state index in [4.69, 9.17) is 4.74 Å². The second kappa shape index (κ2) is 8.67. The maximum Gasteiger partial charge on any atom is 0.242 e. The Bertz CT molecular complexity index is 1070. The molecule has 2 heterocycles. The minimum absolute atomic E-state index is 0.109. The normalized spacial score (nSPS) is 16.0. The summed E-state index contributed by atoms with van der Waals surface area (Å²) in [7, 11) is 0. The van der Waals surface area contributed by atoms with E-state index in [1.54, 1.807) is 12.1 Å². The lowest BCUT2D eigenvalue weighted by Crippen LogP contribution is -2.34. The molecule has 3 aromatic rings. The average Bonchev–Trinajstić information content (AvgIpc) is 3.09. The summed E-state index contributed by atoms with van der Waals surface area (Å²) in [6.45, 7) is 5.97. The number of carbonyl (C=O) groups is 2. The van der Waals surface area contributed by atoms with Crippen molar-refractivity contribution < 1.29 is 14.3 Å². The number of hydrogen-bond donors (Lipinski definition) is 2. The number of rotatable bonds is 7. The molecule has 1 unspecified atom stereocenters. The fraction of sp³-hybridized carbons (Fsp3) is 0.348. The van der Waals surface area contributed by atoms with Gasteiger partial charge in [-0.2, -0.15) is 0 Å². The Morgan fingerprint density at radius 1 is 1.23 bits per heavy atom. The number of carbonyl (C=O) groups excluding carboxylic acids is 2. The number of ketones is 1. The highest BCUT2D eigenvalue weighted by molar-refractivity contribution is 6.12. The summed E-state index contributed by atoms with van der Waals surface area (Å²) in [6.07, 6.45) is 0.317. The van der Waals surface area contributed by atoms with Gasteiger partial charge in [0.25, 0.3) is 0 Å². The van der Waals surface area contributed by atoms with Crippen LogP contribution >= 0.6 is 0 Å². The van der Waals surface area contributed by atoms with Gasteiger partial charge < -0.3 is 19.9 Å². The summed E-state index contributed by atoms with van der Waals surface area (Å²) in [4.78, 5) is 30.2. The number of anilines is 1. The minimum Gasteiger partial charge on any atom is -0.492 e. The Hall–Kier alpha value is -3.19. The van der Waals surface area contributed by atoms with Crippen LogP contribution in [-0.2, 0) is 16.1 Å². The second-order valence-electron chi connectivity index (χ2n) is 7.73. The summed E-state index contributed by atoms with van der Waals surface area (Å²) in [5, 5.41) is 6.16. The standard InChI is InChI=1S/C23H26N4O3/c1-15(2)24-11-13-30-17-7-5-6-16(14-17)25-23(29)21-20(28)10-12-27-19-9-4-3-8-18(19)26-22(21)27/h3-9,14-15,21,24H,10-13H2,1-2H3,(H,25,29). The zero-order chi connectivity index (χ0) is 21.1. The highest BCUT2D eigenvalue weighted by Crippen LogP contribution is 2.30. The highest BCUT2D eigenvalue weighted by atomic mass is 16.5. The molecule has 2 aromatic carbocycles. The predicted octanol–water partition coefficient (Wildman–Crippen LogP) is 3.11. The van der Waals surface area contributed by atoms with Gasteiger partial charge in [0.05, 0.1) is 11.0 Å². The van der Waals surface area contributed by atoms with Gasteiger partial charge in [0.2, 0.25) is 5.91 Å². The summed E-state index contributed by atoms with van der Waals surface area (Å²) in [5.41, 5.74) is 2.34. The highest BCUT2D eigenvalue weighted by Gasteiger charge is 2.36. The largest absolute Gasteiger partial charge is 0.492 e. The van der Waals surface area contributed by atoms with Crippen molar-refractivity contribution in [2.45, 2.75) is 38.8 Å². The third kappa shape index (κ3) is 4.21. The lowest BCUT2D eigenvalue weighted by molar-refractivity contribution is -0.128. The van der Waals surface area contributed by atoms with E-state index in [-0.39, 0.29) is 11.7 Å². The molecule has 0 radical (unpaired) electrons. The number of fused-ring (bicyclic) bond motifs is 3. The van der Waals surface area contributed by atoms with Crippen LogP contribution in [0.1, 0.15) is 32.0 Å². The first-order valence-electron chi connectivity index (χ1n) is 10.3. The molecule has 0 saturated heterocycles. The first-order chi connectivity index (χ1) is 14.5. The Morgan fingerprint density at radius 3 is 2.90 bits per heavy atom. The minimum atomic E-state index is -0.911. The van der Waals surface area contributed by atoms with Crippen LogP contribution in [0.2, 0.25) is 0 Å². The number of aryl methyl sites for hydroxylation is 1. The second-order valence-corrected chi connectivity index (χ2v) is 7.73. The zero-order valence-electron chi connectivity index (χ0n) is 17.2. The third-order valence-corrected chi connectivity index (χ3v) is 5.13. The van der Waals surface area contributed by atoms with Gasteiger partial charge in [0.15, 0.2) is 11.7 Å². The van der Waals surface area contributed by atoms with Gasteiger partial charge in [0.1, 0.15) is 18.2 Å². The summed E-state index contributed by atoms with van der Waals surface area (Å²) >= 11 is 0.